The SMILES string of the molecule is COCC(C)NCc1cc(C(=O)O)co1. The van der Waals surface area contributed by atoms with E-state index in [0.717, 1.165) is 0 Å². The third-order valence-electron chi connectivity index (χ3n) is 1.94. The molecule has 0 saturated carbocycles. The molecule has 15 heavy (non-hydrogen) atoms. The van der Waals surface area contributed by atoms with Crippen molar-refractivity contribution in [1.29, 1.82) is 0 Å². The highest BCUT2D eigenvalue weighted by atomic mass is 16.5. The number of hydrogen-bond acceptors (Lipinski definition) is 4. The van der Waals surface area contributed by atoms with Gasteiger partial charge in [-0.15, -0.1) is 0 Å². The number of nitrogens with one attached hydrogen (secondary N) is 1. The number of carbonyl (C=O) groups is 1. The second-order valence-electron chi connectivity index (χ2n) is 3.34. The lowest BCUT2D eigenvalue weighted by Crippen LogP contribution is -2.29. The van der Waals surface area contributed by atoms with Gasteiger partial charge >= 0.3 is 5.97 Å². The fraction of sp³-hybridized carbons (Fsp3) is 0.500. The first-order valence-electron chi connectivity index (χ1n) is 4.66. The van der Waals surface area contributed by atoms with Crippen LogP contribution in [0.5, 0.6) is 0 Å². The zero-order valence-corrected chi connectivity index (χ0v) is 8.82. The number of aromatic carboxylic acids is 1. The fourth-order valence-corrected chi connectivity index (χ4v) is 1.17. The largest absolute Gasteiger partial charge is 0.478 e. The van der Waals surface area contributed by atoms with E-state index < -0.39 is 5.97 Å². The molecule has 0 aromatic carbocycles. The van der Waals surface area contributed by atoms with Crippen molar-refractivity contribution >= 4 is 5.97 Å². The summed E-state index contributed by atoms with van der Waals surface area (Å²) in [6, 6.07) is 1.71. The van der Waals surface area contributed by atoms with Crippen molar-refractivity contribution in [3.8, 4) is 0 Å². The lowest BCUT2D eigenvalue weighted by Gasteiger charge is -2.10. The van der Waals surface area contributed by atoms with E-state index in [0.29, 0.717) is 18.9 Å². The van der Waals surface area contributed by atoms with Crippen LogP contribution in [0.3, 0.4) is 0 Å². The zero-order chi connectivity index (χ0) is 11.3. The number of carboxylic acid groups (broad SMARTS) is 1. The van der Waals surface area contributed by atoms with Crippen molar-refractivity contribution in [1.82, 2.24) is 5.32 Å². The Morgan fingerprint density at radius 1 is 1.73 bits per heavy atom. The molecule has 1 unspecified atom stereocenters. The Bertz CT molecular complexity index is 321. The predicted molar refractivity (Wildman–Crippen MR) is 53.8 cm³/mol. The van der Waals surface area contributed by atoms with E-state index in [1.54, 1.807) is 7.11 Å². The Labute approximate surface area is 88.0 Å². The van der Waals surface area contributed by atoms with Gasteiger partial charge in [0.2, 0.25) is 0 Å². The maximum Gasteiger partial charge on any atom is 0.338 e. The number of rotatable bonds is 6. The number of furan rings is 1. The molecule has 5 nitrogen and oxygen atoms in total. The standard InChI is InChI=1S/C10H15NO4/c1-7(5-14-2)11-4-9-3-8(6-15-9)10(12)13/h3,6-7,11H,4-5H2,1-2H3,(H,12,13). The summed E-state index contributed by atoms with van der Waals surface area (Å²) in [5.74, 6) is -0.370. The Hall–Kier alpha value is -1.33. The van der Waals surface area contributed by atoms with Crippen LogP contribution in [0.2, 0.25) is 0 Å². The molecule has 0 aliphatic carbocycles. The van der Waals surface area contributed by atoms with Gasteiger partial charge < -0.3 is 19.6 Å². The van der Waals surface area contributed by atoms with Gasteiger partial charge in [0.1, 0.15) is 12.0 Å². The number of methoxy groups -OCH3 is 1. The third-order valence-corrected chi connectivity index (χ3v) is 1.94. The summed E-state index contributed by atoms with van der Waals surface area (Å²) in [4.78, 5) is 10.6. The molecule has 1 heterocycles. The minimum atomic E-state index is -0.977. The molecule has 1 atom stereocenters. The highest BCUT2D eigenvalue weighted by Crippen LogP contribution is 2.07. The van der Waals surface area contributed by atoms with Crippen LogP contribution in [0, 0.1) is 0 Å². The van der Waals surface area contributed by atoms with Gasteiger partial charge in [0.05, 0.1) is 18.7 Å². The minimum Gasteiger partial charge on any atom is -0.478 e. The van der Waals surface area contributed by atoms with Crippen molar-refractivity contribution < 1.29 is 19.1 Å². The van der Waals surface area contributed by atoms with Gasteiger partial charge in [-0.05, 0) is 13.0 Å². The maximum absolute atomic E-state index is 10.6. The summed E-state index contributed by atoms with van der Waals surface area (Å²) in [6.45, 7) is 3.08. The van der Waals surface area contributed by atoms with Gasteiger partial charge in [-0.3, -0.25) is 0 Å². The summed E-state index contributed by atoms with van der Waals surface area (Å²) in [5.41, 5.74) is 0.172. The minimum absolute atomic E-state index is 0.172. The number of ether oxygens (including phenoxy) is 1. The molecule has 1 aromatic heterocycles. The van der Waals surface area contributed by atoms with Crippen molar-refractivity contribution in [3.05, 3.63) is 23.7 Å². The Morgan fingerprint density at radius 3 is 3.00 bits per heavy atom. The first-order chi connectivity index (χ1) is 7.13. The van der Waals surface area contributed by atoms with Crippen molar-refractivity contribution in [2.24, 2.45) is 0 Å². The second kappa shape index (κ2) is 5.53. The zero-order valence-electron chi connectivity index (χ0n) is 8.82. The Balaban J connectivity index is 2.40. The highest BCUT2D eigenvalue weighted by Gasteiger charge is 2.08. The number of hydrogen-bond donors (Lipinski definition) is 2. The average molecular weight is 213 g/mol. The highest BCUT2D eigenvalue weighted by molar-refractivity contribution is 5.87. The molecule has 1 aromatic rings. The van der Waals surface area contributed by atoms with Gasteiger partial charge in [0, 0.05) is 13.2 Å². The Kier molecular flexibility index (Phi) is 4.33. The van der Waals surface area contributed by atoms with Gasteiger partial charge in [-0.2, -0.15) is 0 Å². The van der Waals surface area contributed by atoms with Crippen LogP contribution in [0.15, 0.2) is 16.7 Å². The lowest BCUT2D eigenvalue weighted by molar-refractivity contribution is 0.0696. The van der Waals surface area contributed by atoms with Gasteiger partial charge in [0.25, 0.3) is 0 Å². The van der Waals surface area contributed by atoms with Crippen LogP contribution in [0.4, 0.5) is 0 Å². The molecule has 0 aliphatic heterocycles. The summed E-state index contributed by atoms with van der Waals surface area (Å²) in [6.07, 6.45) is 1.24. The molecular formula is C10H15NO4. The molecule has 2 N–H and O–H groups in total. The maximum atomic E-state index is 10.6. The van der Waals surface area contributed by atoms with E-state index >= 15 is 0 Å². The van der Waals surface area contributed by atoms with Crippen LogP contribution < -0.4 is 5.32 Å². The molecule has 0 fully saturated rings. The van der Waals surface area contributed by atoms with Crippen LogP contribution in [-0.2, 0) is 11.3 Å². The lowest BCUT2D eigenvalue weighted by atomic mass is 10.3. The van der Waals surface area contributed by atoms with E-state index in [2.05, 4.69) is 5.32 Å². The van der Waals surface area contributed by atoms with E-state index in [4.69, 9.17) is 14.3 Å². The monoisotopic (exact) mass is 213 g/mol. The molecule has 0 radical (unpaired) electrons. The molecule has 1 rings (SSSR count). The topological polar surface area (TPSA) is 71.7 Å². The average Bonchev–Trinajstić information content (AvgIpc) is 2.63. The van der Waals surface area contributed by atoms with Gasteiger partial charge in [-0.25, -0.2) is 4.79 Å². The second-order valence-corrected chi connectivity index (χ2v) is 3.34. The fourth-order valence-electron chi connectivity index (χ4n) is 1.17. The molecule has 0 saturated heterocycles. The van der Waals surface area contributed by atoms with Crippen LogP contribution in [0.1, 0.15) is 23.0 Å². The molecule has 5 heteroatoms. The van der Waals surface area contributed by atoms with Crippen LogP contribution >= 0.6 is 0 Å². The molecule has 0 spiro atoms. The predicted octanol–water partition coefficient (Wildman–Crippen LogP) is 1.10. The smallest absolute Gasteiger partial charge is 0.338 e. The van der Waals surface area contributed by atoms with E-state index in [9.17, 15) is 4.79 Å². The summed E-state index contributed by atoms with van der Waals surface area (Å²) in [7, 11) is 1.63. The third kappa shape index (κ3) is 3.73. The van der Waals surface area contributed by atoms with Gasteiger partial charge in [0.15, 0.2) is 0 Å². The molecule has 0 aliphatic rings. The quantitative estimate of drug-likeness (QED) is 0.740. The first kappa shape index (κ1) is 11.7. The summed E-state index contributed by atoms with van der Waals surface area (Å²) in [5, 5.41) is 11.8. The molecule has 84 valence electrons. The van der Waals surface area contributed by atoms with Crippen LogP contribution in [0.25, 0.3) is 0 Å². The van der Waals surface area contributed by atoms with E-state index in [1.165, 1.54) is 12.3 Å². The van der Waals surface area contributed by atoms with Crippen LogP contribution in [-0.4, -0.2) is 30.8 Å². The summed E-state index contributed by atoms with van der Waals surface area (Å²) >= 11 is 0. The molecule has 0 bridgehead atoms. The normalized spacial score (nSPS) is 12.7. The van der Waals surface area contributed by atoms with E-state index in [1.807, 2.05) is 6.92 Å². The van der Waals surface area contributed by atoms with Gasteiger partial charge in [-0.1, -0.05) is 0 Å². The Morgan fingerprint density at radius 2 is 2.47 bits per heavy atom. The summed E-state index contributed by atoms with van der Waals surface area (Å²) < 4.78 is 10.0. The number of carboxylic acids is 1. The van der Waals surface area contributed by atoms with Crippen molar-refractivity contribution in [2.75, 3.05) is 13.7 Å². The van der Waals surface area contributed by atoms with Crippen molar-refractivity contribution in [2.45, 2.75) is 19.5 Å². The molecular weight excluding hydrogens is 198 g/mol. The molecule has 0 amide bonds. The van der Waals surface area contributed by atoms with E-state index in [-0.39, 0.29) is 11.6 Å². The first-order valence-corrected chi connectivity index (χ1v) is 4.66. The van der Waals surface area contributed by atoms with Crippen molar-refractivity contribution in [3.63, 3.8) is 0 Å².